The molecule has 0 aliphatic carbocycles. The van der Waals surface area contributed by atoms with Crippen molar-refractivity contribution in [3.05, 3.63) is 236 Å². The molecular weight excluding hydrogens is 889 g/mol. The van der Waals surface area contributed by atoms with Gasteiger partial charge in [-0.2, -0.15) is 0 Å². The summed E-state index contributed by atoms with van der Waals surface area (Å²) in [4.78, 5) is 4.89. The van der Waals surface area contributed by atoms with Gasteiger partial charge in [-0.15, -0.1) is 0 Å². The molecule has 5 heteroatoms. The third-order valence-corrected chi connectivity index (χ3v) is 14.4. The minimum atomic E-state index is -0.447. The lowest BCUT2D eigenvalue weighted by Crippen LogP contribution is -2.32. The Morgan fingerprint density at radius 1 is 0.479 bits per heavy atom. The van der Waals surface area contributed by atoms with Crippen LogP contribution >= 0.6 is 0 Å². The van der Waals surface area contributed by atoms with E-state index >= 15 is 0 Å². The lowest BCUT2D eigenvalue weighted by atomic mass is 9.85. The van der Waals surface area contributed by atoms with Gasteiger partial charge >= 0.3 is 0 Å². The number of hydrogen-bond acceptors (Lipinski definition) is 2. The molecule has 0 spiro atoms. The second kappa shape index (κ2) is 16.9. The molecule has 0 N–H and O–H groups in total. The minimum absolute atomic E-state index is 0.0135. The smallest absolute Gasteiger partial charge is 0.269 e. The third kappa shape index (κ3) is 7.54. The summed E-state index contributed by atoms with van der Waals surface area (Å²) in [6.07, 6.45) is 5.69. The minimum Gasteiger partial charge on any atom is -0.458 e. The van der Waals surface area contributed by atoms with Crippen LogP contribution in [0.1, 0.15) is 59.5 Å². The number of hydrogen-bond donors (Lipinski definition) is 0. The Morgan fingerprint density at radius 2 is 1.12 bits per heavy atom. The molecule has 0 unspecified atom stereocenters. The van der Waals surface area contributed by atoms with Crippen molar-refractivity contribution < 1.29 is 16.2 Å². The standard InChI is InChI=1S/C68H54N4O/c1-67(2,3)47-32-29-44(30-33-47)46-31-35-55-53-21-10-11-22-54(53)58-26-16-28-62-66(58)71(65-52(45-17-8-7-9-18-45)24-15-25-59(65)60(55)39-46)43-70(62)49-19-14-20-50(41-49)73-51-34-36-57-56-23-12-13-27-61(56)72(63(57)42-51)64-40-48(37-38-69-64)68(4,5)6/h7-42H,1-6H3/i7D,8D,9D,17D,18D. The van der Waals surface area contributed by atoms with Gasteiger partial charge in [0.15, 0.2) is 0 Å². The van der Waals surface area contributed by atoms with E-state index in [0.717, 1.165) is 88.9 Å². The molecule has 0 amide bonds. The molecule has 4 heterocycles. The highest BCUT2D eigenvalue weighted by Gasteiger charge is 2.27. The second-order valence-corrected chi connectivity index (χ2v) is 21.1. The van der Waals surface area contributed by atoms with E-state index in [-0.39, 0.29) is 28.5 Å². The summed E-state index contributed by atoms with van der Waals surface area (Å²) >= 11 is 0. The average Bonchev–Trinajstić information content (AvgIpc) is 4.22. The molecule has 3 aromatic heterocycles. The molecule has 352 valence electrons. The van der Waals surface area contributed by atoms with Crippen molar-refractivity contribution in [2.45, 2.75) is 52.4 Å². The van der Waals surface area contributed by atoms with Crippen molar-refractivity contribution in [1.82, 2.24) is 14.1 Å². The Hall–Kier alpha value is -8.80. The number of rotatable bonds is 6. The molecule has 12 aromatic rings. The summed E-state index contributed by atoms with van der Waals surface area (Å²) in [5, 5.41) is 2.22. The van der Waals surface area contributed by atoms with Crippen molar-refractivity contribution in [1.29, 1.82) is 0 Å². The van der Waals surface area contributed by atoms with Crippen LogP contribution in [0.25, 0.3) is 106 Å². The van der Waals surface area contributed by atoms with Gasteiger partial charge in [-0.05, 0) is 132 Å². The van der Waals surface area contributed by atoms with Crippen molar-refractivity contribution in [3.63, 3.8) is 0 Å². The Kier molecular flexibility index (Phi) is 9.02. The predicted molar refractivity (Wildman–Crippen MR) is 300 cm³/mol. The highest BCUT2D eigenvalue weighted by Crippen LogP contribution is 2.47. The van der Waals surface area contributed by atoms with E-state index in [9.17, 15) is 2.74 Å². The molecule has 0 radical (unpaired) electrons. The molecule has 1 aliphatic heterocycles. The number of ether oxygens (including phenoxy) is 1. The molecule has 73 heavy (non-hydrogen) atoms. The summed E-state index contributed by atoms with van der Waals surface area (Å²) in [5.41, 5.74) is 15.8. The number of para-hydroxylation sites is 3. The maximum Gasteiger partial charge on any atom is 0.269 e. The first kappa shape index (κ1) is 38.9. The highest BCUT2D eigenvalue weighted by atomic mass is 16.5. The van der Waals surface area contributed by atoms with Gasteiger partial charge in [0.25, 0.3) is 6.33 Å². The van der Waals surface area contributed by atoms with Crippen LogP contribution in [0, 0.1) is 6.33 Å². The molecular formula is C68H54N4O. The number of aromatic nitrogens is 4. The lowest BCUT2D eigenvalue weighted by molar-refractivity contribution is -0.570. The molecule has 0 saturated carbocycles. The van der Waals surface area contributed by atoms with Gasteiger partial charge in [-0.3, -0.25) is 13.7 Å². The molecule has 9 aromatic carbocycles. The normalized spacial score (nSPS) is 13.2. The summed E-state index contributed by atoms with van der Waals surface area (Å²) in [7, 11) is 0. The van der Waals surface area contributed by atoms with Crippen LogP contribution in [-0.2, 0) is 10.8 Å². The maximum absolute atomic E-state index is 9.38. The van der Waals surface area contributed by atoms with Crippen LogP contribution in [0.4, 0.5) is 0 Å². The third-order valence-electron chi connectivity index (χ3n) is 14.4. The first-order chi connectivity index (χ1) is 37.5. The summed E-state index contributed by atoms with van der Waals surface area (Å²) in [6, 6.07) is 61.0. The molecule has 0 fully saturated rings. The first-order valence-corrected chi connectivity index (χ1v) is 24.9. The van der Waals surface area contributed by atoms with E-state index in [2.05, 4.69) is 192 Å². The lowest BCUT2D eigenvalue weighted by Gasteiger charge is -2.20. The topological polar surface area (TPSA) is 35.9 Å². The second-order valence-electron chi connectivity index (χ2n) is 21.1. The van der Waals surface area contributed by atoms with Crippen molar-refractivity contribution >= 4 is 32.8 Å². The predicted octanol–water partition coefficient (Wildman–Crippen LogP) is 17.2. The Bertz CT molecular complexity index is 4410. The zero-order valence-corrected chi connectivity index (χ0v) is 41.6. The molecule has 5 nitrogen and oxygen atoms in total. The Balaban J connectivity index is 1.02. The quantitative estimate of drug-likeness (QED) is 0.123. The van der Waals surface area contributed by atoms with Gasteiger partial charge in [0, 0.05) is 23.0 Å². The van der Waals surface area contributed by atoms with E-state index < -0.39 is 18.1 Å². The van der Waals surface area contributed by atoms with Crippen LogP contribution in [0.5, 0.6) is 11.5 Å². The van der Waals surface area contributed by atoms with Gasteiger partial charge in [-0.25, -0.2) is 4.98 Å². The largest absolute Gasteiger partial charge is 0.458 e. The van der Waals surface area contributed by atoms with E-state index in [4.69, 9.17) is 13.8 Å². The van der Waals surface area contributed by atoms with Crippen LogP contribution in [0.3, 0.4) is 0 Å². The Morgan fingerprint density at radius 3 is 1.93 bits per heavy atom. The molecule has 13 rings (SSSR count). The zero-order chi connectivity index (χ0) is 53.9. The van der Waals surface area contributed by atoms with Gasteiger partial charge in [-0.1, -0.05) is 193 Å². The first-order valence-electron chi connectivity index (χ1n) is 27.4. The number of imidazole rings is 1. The molecule has 0 bridgehead atoms. The number of nitrogens with zero attached hydrogens (tertiary/aromatic N) is 4. The zero-order valence-electron chi connectivity index (χ0n) is 46.6. The maximum atomic E-state index is 9.38. The van der Waals surface area contributed by atoms with Crippen molar-refractivity contribution in [2.75, 3.05) is 0 Å². The van der Waals surface area contributed by atoms with Crippen LogP contribution in [0.2, 0.25) is 0 Å². The molecule has 1 aliphatic rings. The van der Waals surface area contributed by atoms with Crippen LogP contribution in [0.15, 0.2) is 218 Å². The average molecular weight is 948 g/mol. The fourth-order valence-corrected chi connectivity index (χ4v) is 10.7. The van der Waals surface area contributed by atoms with E-state index in [0.29, 0.717) is 22.7 Å². The van der Waals surface area contributed by atoms with Gasteiger partial charge < -0.3 is 4.74 Å². The molecule has 0 saturated heterocycles. The van der Waals surface area contributed by atoms with Gasteiger partial charge in [0.2, 0.25) is 0 Å². The highest BCUT2D eigenvalue weighted by molar-refractivity contribution is 6.09. The molecule has 0 atom stereocenters. The Labute approximate surface area is 433 Å². The van der Waals surface area contributed by atoms with E-state index in [1.807, 2.05) is 57.8 Å². The van der Waals surface area contributed by atoms with Crippen LogP contribution in [-0.4, -0.2) is 14.1 Å². The number of pyridine rings is 1. The fourth-order valence-electron chi connectivity index (χ4n) is 10.7. The van der Waals surface area contributed by atoms with Crippen LogP contribution < -0.4 is 9.30 Å². The fraction of sp³-hybridized carbons (Fsp3) is 0.118. The summed E-state index contributed by atoms with van der Waals surface area (Å²) in [6.45, 7) is 13.3. The number of fused-ring (bicyclic) bond motifs is 10. The SMILES string of the molecule is [2H]c1c([2H])c([2H])c(-c2cccc3c2-[n+]2[c-]n(-c4cccc(Oc5ccc6c7ccccc7n(-c7cc(C(C)(C)C)ccn7)c6c5)c4)c4cccc(c42)-c2ccccc2-c2ccc(-c4ccc(C(C)(C)C)cc4)cc2-3)c([2H])c1[2H]. The van der Waals surface area contributed by atoms with Gasteiger partial charge in [0.05, 0.1) is 40.3 Å². The summed E-state index contributed by atoms with van der Waals surface area (Å²) < 4.78 is 58.2. The van der Waals surface area contributed by atoms with Gasteiger partial charge in [0.1, 0.15) is 17.3 Å². The van der Waals surface area contributed by atoms with E-state index in [1.165, 1.54) is 11.1 Å². The summed E-state index contributed by atoms with van der Waals surface area (Å²) in [5.74, 6) is 2.11. The van der Waals surface area contributed by atoms with Crippen molar-refractivity contribution in [3.8, 4) is 84.3 Å². The van der Waals surface area contributed by atoms with E-state index in [1.54, 1.807) is 0 Å². The van der Waals surface area contributed by atoms with Crippen molar-refractivity contribution in [2.24, 2.45) is 0 Å². The monoisotopic (exact) mass is 947 g/mol. The number of benzene rings is 9.